The maximum absolute atomic E-state index is 13.5. The SMILES string of the molecule is Cc1ccc2[nH]c(=O)c(CN(C(=O)c3cccc([N+](=O)[O-])c3)c3ccccc3C)cc2c1. The Hall–Kier alpha value is -4.26. The molecule has 4 aromatic rings. The Balaban J connectivity index is 1.82. The number of hydrogen-bond acceptors (Lipinski definition) is 4. The number of carbonyl (C=O) groups excluding carboxylic acids is 1. The Morgan fingerprint density at radius 2 is 1.78 bits per heavy atom. The monoisotopic (exact) mass is 427 g/mol. The topological polar surface area (TPSA) is 96.3 Å². The van der Waals surface area contributed by atoms with Gasteiger partial charge < -0.3 is 9.88 Å². The number of nitro benzene ring substituents is 1. The summed E-state index contributed by atoms with van der Waals surface area (Å²) in [5, 5.41) is 12.1. The van der Waals surface area contributed by atoms with E-state index >= 15 is 0 Å². The number of fused-ring (bicyclic) bond motifs is 1. The molecule has 32 heavy (non-hydrogen) atoms. The van der Waals surface area contributed by atoms with Gasteiger partial charge in [-0.1, -0.05) is 35.9 Å². The minimum atomic E-state index is -0.536. The first-order valence-corrected chi connectivity index (χ1v) is 10.1. The first kappa shape index (κ1) is 21.0. The summed E-state index contributed by atoms with van der Waals surface area (Å²) in [6.45, 7) is 3.86. The highest BCUT2D eigenvalue weighted by atomic mass is 16.6. The second kappa shape index (κ2) is 8.47. The van der Waals surface area contributed by atoms with Crippen molar-refractivity contribution in [2.24, 2.45) is 0 Å². The fourth-order valence-electron chi connectivity index (χ4n) is 3.70. The van der Waals surface area contributed by atoms with Crippen LogP contribution in [0.4, 0.5) is 11.4 Å². The van der Waals surface area contributed by atoms with Crippen molar-refractivity contribution in [2.75, 3.05) is 4.90 Å². The fraction of sp³-hybridized carbons (Fsp3) is 0.120. The third kappa shape index (κ3) is 4.13. The molecule has 0 aliphatic heterocycles. The van der Waals surface area contributed by atoms with E-state index in [-0.39, 0.29) is 23.4 Å². The van der Waals surface area contributed by atoms with Crippen molar-refractivity contribution in [2.45, 2.75) is 20.4 Å². The van der Waals surface area contributed by atoms with Gasteiger partial charge in [-0.15, -0.1) is 0 Å². The van der Waals surface area contributed by atoms with Gasteiger partial charge in [0.05, 0.1) is 11.5 Å². The van der Waals surface area contributed by atoms with Crippen LogP contribution in [0.3, 0.4) is 0 Å². The highest BCUT2D eigenvalue weighted by Crippen LogP contribution is 2.25. The van der Waals surface area contributed by atoms with Crippen LogP contribution in [0.2, 0.25) is 0 Å². The summed E-state index contributed by atoms with van der Waals surface area (Å²) in [5.74, 6) is -0.424. The molecule has 0 saturated heterocycles. The Morgan fingerprint density at radius 1 is 1.00 bits per heavy atom. The van der Waals surface area contributed by atoms with Crippen molar-refractivity contribution in [1.82, 2.24) is 4.98 Å². The lowest BCUT2D eigenvalue weighted by Crippen LogP contribution is -2.33. The average Bonchev–Trinajstić information content (AvgIpc) is 2.78. The molecule has 0 spiro atoms. The van der Waals surface area contributed by atoms with E-state index in [0.29, 0.717) is 11.3 Å². The van der Waals surface area contributed by atoms with Crippen LogP contribution in [0.5, 0.6) is 0 Å². The zero-order valence-corrected chi connectivity index (χ0v) is 17.7. The molecular formula is C25H21N3O4. The molecule has 0 radical (unpaired) electrons. The standard InChI is InChI=1S/C25H21N3O4/c1-16-10-11-22-19(12-16)13-20(24(29)26-22)15-27(23-9-4-3-6-17(23)2)25(30)18-7-5-8-21(14-18)28(31)32/h3-14H,15H2,1-2H3,(H,26,29). The Labute approximate surface area is 184 Å². The maximum Gasteiger partial charge on any atom is 0.270 e. The number of aromatic nitrogens is 1. The average molecular weight is 427 g/mol. The maximum atomic E-state index is 13.5. The van der Waals surface area contributed by atoms with E-state index in [1.54, 1.807) is 12.1 Å². The summed E-state index contributed by atoms with van der Waals surface area (Å²) in [5.41, 5.74) is 3.40. The lowest BCUT2D eigenvalue weighted by atomic mass is 10.1. The second-order valence-electron chi connectivity index (χ2n) is 7.70. The smallest absolute Gasteiger partial charge is 0.270 e. The number of nitro groups is 1. The minimum Gasteiger partial charge on any atom is -0.322 e. The number of carbonyl (C=O) groups is 1. The van der Waals surface area contributed by atoms with Gasteiger partial charge in [0.25, 0.3) is 17.2 Å². The zero-order valence-electron chi connectivity index (χ0n) is 17.7. The third-order valence-corrected chi connectivity index (χ3v) is 5.36. The number of benzene rings is 3. The van der Waals surface area contributed by atoms with Gasteiger partial charge in [-0.05, 0) is 55.1 Å². The first-order valence-electron chi connectivity index (χ1n) is 10.1. The van der Waals surface area contributed by atoms with Crippen molar-refractivity contribution in [3.63, 3.8) is 0 Å². The number of hydrogen-bond donors (Lipinski definition) is 1. The van der Waals surface area contributed by atoms with Crippen LogP contribution in [0, 0.1) is 24.0 Å². The number of non-ortho nitro benzene ring substituents is 1. The predicted octanol–water partition coefficient (Wildman–Crippen LogP) is 4.90. The number of pyridine rings is 1. The van der Waals surface area contributed by atoms with E-state index in [2.05, 4.69) is 4.98 Å². The van der Waals surface area contributed by atoms with Gasteiger partial charge in [0.15, 0.2) is 0 Å². The number of aromatic amines is 1. The fourth-order valence-corrected chi connectivity index (χ4v) is 3.70. The molecule has 7 heteroatoms. The van der Waals surface area contributed by atoms with Gasteiger partial charge in [-0.2, -0.15) is 0 Å². The normalized spacial score (nSPS) is 10.8. The molecule has 1 aromatic heterocycles. The van der Waals surface area contributed by atoms with Crippen LogP contribution in [0.1, 0.15) is 27.0 Å². The number of para-hydroxylation sites is 1. The molecule has 1 heterocycles. The molecule has 4 rings (SSSR count). The van der Waals surface area contributed by atoms with Crippen LogP contribution >= 0.6 is 0 Å². The first-order chi connectivity index (χ1) is 15.3. The number of rotatable bonds is 5. The van der Waals surface area contributed by atoms with Crippen LogP contribution in [-0.4, -0.2) is 15.8 Å². The summed E-state index contributed by atoms with van der Waals surface area (Å²) in [4.78, 5) is 41.3. The van der Waals surface area contributed by atoms with Gasteiger partial charge in [-0.3, -0.25) is 19.7 Å². The second-order valence-corrected chi connectivity index (χ2v) is 7.70. The summed E-state index contributed by atoms with van der Waals surface area (Å²) in [7, 11) is 0. The number of H-pyrrole nitrogens is 1. The number of nitrogens with one attached hydrogen (secondary N) is 1. The van der Waals surface area contributed by atoms with Crippen molar-refractivity contribution in [3.8, 4) is 0 Å². The Kier molecular flexibility index (Phi) is 5.55. The molecular weight excluding hydrogens is 406 g/mol. The molecule has 0 saturated carbocycles. The van der Waals surface area contributed by atoms with Crippen LogP contribution in [0.15, 0.2) is 77.6 Å². The number of nitrogens with zero attached hydrogens (tertiary/aromatic N) is 2. The molecule has 0 unspecified atom stereocenters. The summed E-state index contributed by atoms with van der Waals surface area (Å²) < 4.78 is 0. The molecule has 3 aromatic carbocycles. The number of aryl methyl sites for hydroxylation is 2. The van der Waals surface area contributed by atoms with Crippen molar-refractivity contribution < 1.29 is 9.72 Å². The van der Waals surface area contributed by atoms with Crippen LogP contribution < -0.4 is 10.5 Å². The summed E-state index contributed by atoms with van der Waals surface area (Å²) >= 11 is 0. The van der Waals surface area contributed by atoms with E-state index in [4.69, 9.17) is 0 Å². The summed E-state index contributed by atoms with van der Waals surface area (Å²) in [6, 6.07) is 20.5. The van der Waals surface area contributed by atoms with Gasteiger partial charge in [0.2, 0.25) is 0 Å². The van der Waals surface area contributed by atoms with Gasteiger partial charge in [0.1, 0.15) is 0 Å². The predicted molar refractivity (Wildman–Crippen MR) is 124 cm³/mol. The van der Waals surface area contributed by atoms with Crippen molar-refractivity contribution >= 4 is 28.2 Å². The number of anilines is 1. The highest BCUT2D eigenvalue weighted by molar-refractivity contribution is 6.06. The molecule has 1 amide bonds. The van der Waals surface area contributed by atoms with E-state index in [1.165, 1.54) is 29.2 Å². The van der Waals surface area contributed by atoms with E-state index in [0.717, 1.165) is 22.0 Å². The molecule has 0 fully saturated rings. The molecule has 0 atom stereocenters. The molecule has 0 bridgehead atoms. The van der Waals surface area contributed by atoms with E-state index in [9.17, 15) is 19.7 Å². The van der Waals surface area contributed by atoms with Gasteiger partial charge in [0, 0.05) is 34.5 Å². The van der Waals surface area contributed by atoms with Gasteiger partial charge in [-0.25, -0.2) is 0 Å². The molecule has 7 nitrogen and oxygen atoms in total. The third-order valence-electron chi connectivity index (χ3n) is 5.36. The lowest BCUT2D eigenvalue weighted by molar-refractivity contribution is -0.384. The number of amides is 1. The molecule has 1 N–H and O–H groups in total. The zero-order chi connectivity index (χ0) is 22.8. The highest BCUT2D eigenvalue weighted by Gasteiger charge is 2.22. The van der Waals surface area contributed by atoms with Crippen molar-refractivity contribution in [3.05, 3.63) is 116 Å². The Morgan fingerprint density at radius 3 is 2.53 bits per heavy atom. The largest absolute Gasteiger partial charge is 0.322 e. The molecule has 160 valence electrons. The van der Waals surface area contributed by atoms with Crippen molar-refractivity contribution in [1.29, 1.82) is 0 Å². The van der Waals surface area contributed by atoms with E-state index < -0.39 is 10.8 Å². The molecule has 0 aliphatic carbocycles. The molecule has 0 aliphatic rings. The van der Waals surface area contributed by atoms with Crippen LogP contribution in [-0.2, 0) is 6.54 Å². The van der Waals surface area contributed by atoms with Crippen LogP contribution in [0.25, 0.3) is 10.9 Å². The lowest BCUT2D eigenvalue weighted by Gasteiger charge is -2.24. The minimum absolute atomic E-state index is 0.0194. The quantitative estimate of drug-likeness (QED) is 0.362. The Bertz CT molecular complexity index is 1410. The van der Waals surface area contributed by atoms with E-state index in [1.807, 2.05) is 50.2 Å². The van der Waals surface area contributed by atoms with Gasteiger partial charge >= 0.3 is 0 Å². The summed E-state index contributed by atoms with van der Waals surface area (Å²) in [6.07, 6.45) is 0.